The van der Waals surface area contributed by atoms with Crippen LogP contribution >= 0.6 is 33.9 Å². The second kappa shape index (κ2) is 11.0. The lowest BCUT2D eigenvalue weighted by molar-refractivity contribution is -0.113. The topological polar surface area (TPSA) is 81.9 Å². The molecule has 1 atom stereocenters. The van der Waals surface area contributed by atoms with Crippen molar-refractivity contribution in [3.8, 4) is 11.5 Å². The summed E-state index contributed by atoms with van der Waals surface area (Å²) in [5.74, 6) is 1.15. The molecular formula is C29H24IN3O4S. The van der Waals surface area contributed by atoms with Gasteiger partial charge in [-0.05, 0) is 83.1 Å². The van der Waals surface area contributed by atoms with Gasteiger partial charge in [0.25, 0.3) is 11.5 Å². The standard InChI is InChI=1S/C29H24IN3O4S/c1-17-25(27(34)32-20-7-5-4-6-8-20)26(19-10-12-21(36-2)13-11-19)33-28(35)24(38-29(33)31-17)16-18-9-14-23(37-3)22(30)15-18/h4-16,26H,1-3H3,(H,32,34)/b24-16+/t26-/m0/s1. The van der Waals surface area contributed by atoms with Gasteiger partial charge in [-0.15, -0.1) is 0 Å². The molecule has 1 aliphatic rings. The van der Waals surface area contributed by atoms with E-state index >= 15 is 0 Å². The lowest BCUT2D eigenvalue weighted by Gasteiger charge is -2.25. The van der Waals surface area contributed by atoms with Gasteiger partial charge >= 0.3 is 0 Å². The molecule has 1 aliphatic heterocycles. The molecule has 38 heavy (non-hydrogen) atoms. The second-order valence-corrected chi connectivity index (χ2v) is 10.7. The molecule has 0 unspecified atom stereocenters. The predicted octanol–water partition coefficient (Wildman–Crippen LogP) is 4.50. The van der Waals surface area contributed by atoms with Crippen LogP contribution in [-0.2, 0) is 4.79 Å². The highest BCUT2D eigenvalue weighted by Gasteiger charge is 2.32. The summed E-state index contributed by atoms with van der Waals surface area (Å²) in [5.41, 5.74) is 3.09. The maximum absolute atomic E-state index is 13.8. The van der Waals surface area contributed by atoms with Crippen LogP contribution < -0.4 is 29.7 Å². The smallest absolute Gasteiger partial charge is 0.271 e. The zero-order chi connectivity index (χ0) is 26.8. The van der Waals surface area contributed by atoms with Crippen LogP contribution in [0.15, 0.2) is 93.9 Å². The van der Waals surface area contributed by atoms with Gasteiger partial charge in [0.05, 0.1) is 39.6 Å². The van der Waals surface area contributed by atoms with Crippen LogP contribution in [0.2, 0.25) is 0 Å². The average Bonchev–Trinajstić information content (AvgIpc) is 3.22. The van der Waals surface area contributed by atoms with Gasteiger partial charge in [-0.1, -0.05) is 47.7 Å². The Morgan fingerprint density at radius 3 is 2.45 bits per heavy atom. The average molecular weight is 637 g/mol. The number of nitrogens with zero attached hydrogens (tertiary/aromatic N) is 2. The van der Waals surface area contributed by atoms with Gasteiger partial charge in [-0.25, -0.2) is 4.99 Å². The number of hydrogen-bond acceptors (Lipinski definition) is 6. The third-order valence-corrected chi connectivity index (χ3v) is 8.03. The summed E-state index contributed by atoms with van der Waals surface area (Å²) >= 11 is 3.51. The van der Waals surface area contributed by atoms with Crippen molar-refractivity contribution < 1.29 is 14.3 Å². The van der Waals surface area contributed by atoms with Gasteiger partial charge in [0.2, 0.25) is 0 Å². The molecule has 1 amide bonds. The number of thiazole rings is 1. The number of rotatable bonds is 6. The molecule has 1 N–H and O–H groups in total. The number of amides is 1. The molecule has 0 radical (unpaired) electrons. The normalized spacial score (nSPS) is 15.1. The quantitative estimate of drug-likeness (QED) is 0.316. The van der Waals surface area contributed by atoms with E-state index in [1.807, 2.05) is 78.9 Å². The Morgan fingerprint density at radius 2 is 1.79 bits per heavy atom. The molecule has 0 saturated heterocycles. The Kier molecular flexibility index (Phi) is 7.48. The summed E-state index contributed by atoms with van der Waals surface area (Å²) in [6, 6.07) is 21.7. The van der Waals surface area contributed by atoms with Crippen molar-refractivity contribution in [2.45, 2.75) is 13.0 Å². The Balaban J connectivity index is 1.66. The van der Waals surface area contributed by atoms with Gasteiger partial charge < -0.3 is 14.8 Å². The molecule has 0 aliphatic carbocycles. The summed E-state index contributed by atoms with van der Waals surface area (Å²) in [4.78, 5) is 32.7. The molecule has 4 aromatic rings. The summed E-state index contributed by atoms with van der Waals surface area (Å²) < 4.78 is 13.8. The Hall–Kier alpha value is -3.70. The molecule has 9 heteroatoms. The number of ether oxygens (including phenoxy) is 2. The van der Waals surface area contributed by atoms with Crippen LogP contribution in [0.3, 0.4) is 0 Å². The number of carbonyl (C=O) groups is 1. The minimum absolute atomic E-state index is 0.210. The third-order valence-electron chi connectivity index (χ3n) is 6.20. The number of anilines is 1. The highest BCUT2D eigenvalue weighted by molar-refractivity contribution is 14.1. The van der Waals surface area contributed by atoms with E-state index in [9.17, 15) is 9.59 Å². The van der Waals surface area contributed by atoms with Crippen LogP contribution in [0.5, 0.6) is 11.5 Å². The number of methoxy groups -OCH3 is 2. The molecule has 3 aromatic carbocycles. The molecule has 0 spiro atoms. The first-order chi connectivity index (χ1) is 18.4. The van der Waals surface area contributed by atoms with E-state index in [1.165, 1.54) is 11.3 Å². The molecule has 2 heterocycles. The van der Waals surface area contributed by atoms with E-state index < -0.39 is 6.04 Å². The highest BCUT2D eigenvalue weighted by Crippen LogP contribution is 2.31. The van der Waals surface area contributed by atoms with Crippen molar-refractivity contribution in [1.82, 2.24) is 4.57 Å². The molecule has 0 saturated carbocycles. The van der Waals surface area contributed by atoms with Crippen molar-refractivity contribution in [1.29, 1.82) is 0 Å². The van der Waals surface area contributed by atoms with E-state index in [0.717, 1.165) is 20.4 Å². The predicted molar refractivity (Wildman–Crippen MR) is 158 cm³/mol. The van der Waals surface area contributed by atoms with E-state index in [4.69, 9.17) is 14.5 Å². The van der Waals surface area contributed by atoms with Crippen LogP contribution in [-0.4, -0.2) is 24.7 Å². The lowest BCUT2D eigenvalue weighted by Crippen LogP contribution is -2.40. The molecule has 1 aromatic heterocycles. The van der Waals surface area contributed by atoms with Crippen molar-refractivity contribution >= 4 is 51.6 Å². The van der Waals surface area contributed by atoms with Gasteiger partial charge in [0.15, 0.2) is 4.80 Å². The third kappa shape index (κ3) is 5.03. The van der Waals surface area contributed by atoms with E-state index in [-0.39, 0.29) is 11.5 Å². The molecular weight excluding hydrogens is 613 g/mol. The molecule has 192 valence electrons. The summed E-state index contributed by atoms with van der Waals surface area (Å²) in [7, 11) is 3.23. The number of para-hydroxylation sites is 1. The van der Waals surface area contributed by atoms with Gasteiger partial charge in [-0.2, -0.15) is 0 Å². The Bertz CT molecular complexity index is 1720. The first-order valence-electron chi connectivity index (χ1n) is 11.8. The van der Waals surface area contributed by atoms with Crippen LogP contribution in [0.1, 0.15) is 24.1 Å². The zero-order valence-corrected chi connectivity index (χ0v) is 23.9. The minimum Gasteiger partial charge on any atom is -0.497 e. The fourth-order valence-electron chi connectivity index (χ4n) is 4.36. The monoisotopic (exact) mass is 637 g/mol. The Labute approximate surface area is 236 Å². The first-order valence-corrected chi connectivity index (χ1v) is 13.7. The molecule has 5 rings (SSSR count). The lowest BCUT2D eigenvalue weighted by atomic mass is 9.95. The Morgan fingerprint density at radius 1 is 1.05 bits per heavy atom. The first kappa shape index (κ1) is 25.9. The number of hydrogen-bond donors (Lipinski definition) is 1. The van der Waals surface area contributed by atoms with Crippen molar-refractivity contribution in [3.05, 3.63) is 118 Å². The van der Waals surface area contributed by atoms with Crippen molar-refractivity contribution in [2.24, 2.45) is 4.99 Å². The van der Waals surface area contributed by atoms with Crippen LogP contribution in [0.4, 0.5) is 5.69 Å². The summed E-state index contributed by atoms with van der Waals surface area (Å²) in [6.07, 6.45) is 1.85. The number of aromatic nitrogens is 1. The molecule has 7 nitrogen and oxygen atoms in total. The van der Waals surface area contributed by atoms with Gasteiger partial charge in [-0.3, -0.25) is 14.2 Å². The minimum atomic E-state index is -0.654. The summed E-state index contributed by atoms with van der Waals surface area (Å²) in [5, 5.41) is 2.96. The molecule has 0 fully saturated rings. The SMILES string of the molecule is COc1ccc([C@H]2C(C(=O)Nc3ccccc3)=C(C)N=c3s/c(=C/c4ccc(OC)c(I)c4)c(=O)n32)cc1. The van der Waals surface area contributed by atoms with E-state index in [1.54, 1.807) is 25.7 Å². The second-order valence-electron chi connectivity index (χ2n) is 8.57. The van der Waals surface area contributed by atoms with Gasteiger partial charge in [0.1, 0.15) is 11.5 Å². The fraction of sp³-hybridized carbons (Fsp3) is 0.138. The molecule has 0 bridgehead atoms. The van der Waals surface area contributed by atoms with Crippen LogP contribution in [0.25, 0.3) is 6.08 Å². The maximum Gasteiger partial charge on any atom is 0.271 e. The number of nitrogens with one attached hydrogen (secondary N) is 1. The number of carbonyl (C=O) groups excluding carboxylic acids is 1. The zero-order valence-electron chi connectivity index (χ0n) is 20.9. The summed E-state index contributed by atoms with van der Waals surface area (Å²) in [6.45, 7) is 1.80. The highest BCUT2D eigenvalue weighted by atomic mass is 127. The van der Waals surface area contributed by atoms with Crippen LogP contribution in [0, 0.1) is 3.57 Å². The number of fused-ring (bicyclic) bond motifs is 1. The number of allylic oxidation sites excluding steroid dienone is 1. The maximum atomic E-state index is 13.8. The largest absolute Gasteiger partial charge is 0.497 e. The van der Waals surface area contributed by atoms with Crippen molar-refractivity contribution in [2.75, 3.05) is 19.5 Å². The van der Waals surface area contributed by atoms with Crippen molar-refractivity contribution in [3.63, 3.8) is 0 Å². The van der Waals surface area contributed by atoms with E-state index in [0.29, 0.717) is 32.0 Å². The number of benzene rings is 3. The fourth-order valence-corrected chi connectivity index (χ4v) is 6.16. The van der Waals surface area contributed by atoms with Gasteiger partial charge in [0, 0.05) is 5.69 Å². The van der Waals surface area contributed by atoms with E-state index in [2.05, 4.69) is 27.9 Å². The number of halogens is 1.